The fourth-order valence-electron chi connectivity index (χ4n) is 1.85. The molecule has 1 saturated carbocycles. The van der Waals surface area contributed by atoms with Crippen molar-refractivity contribution in [2.45, 2.75) is 31.3 Å². The number of aryl methyl sites for hydroxylation is 1. The van der Waals surface area contributed by atoms with Gasteiger partial charge in [-0.05, 0) is 36.8 Å². The van der Waals surface area contributed by atoms with Crippen molar-refractivity contribution in [3.63, 3.8) is 0 Å². The Bertz CT molecular complexity index is 316. The summed E-state index contributed by atoms with van der Waals surface area (Å²) in [6.45, 7) is 0.215. The van der Waals surface area contributed by atoms with Crippen LogP contribution >= 0.6 is 0 Å². The third kappa shape index (κ3) is 1.81. The van der Waals surface area contributed by atoms with E-state index in [-0.39, 0.29) is 6.61 Å². The van der Waals surface area contributed by atoms with Gasteiger partial charge in [-0.3, -0.25) is 0 Å². The highest BCUT2D eigenvalue weighted by Crippen LogP contribution is 2.46. The molecule has 76 valence electrons. The molecule has 0 aliphatic heterocycles. The zero-order valence-electron chi connectivity index (χ0n) is 8.24. The Morgan fingerprint density at radius 1 is 1.21 bits per heavy atom. The summed E-state index contributed by atoms with van der Waals surface area (Å²) in [5, 5.41) is 18.8. The first-order valence-corrected chi connectivity index (χ1v) is 5.18. The van der Waals surface area contributed by atoms with Gasteiger partial charge in [0.1, 0.15) is 0 Å². The first-order chi connectivity index (χ1) is 6.76. The molecule has 0 heterocycles. The van der Waals surface area contributed by atoms with Gasteiger partial charge in [-0.2, -0.15) is 0 Å². The summed E-state index contributed by atoms with van der Waals surface area (Å²) >= 11 is 0. The maximum Gasteiger partial charge on any atom is 0.0901 e. The molecule has 0 atom stereocenters. The molecule has 0 bridgehead atoms. The summed E-state index contributed by atoms with van der Waals surface area (Å²) in [4.78, 5) is 0. The van der Waals surface area contributed by atoms with E-state index in [0.717, 1.165) is 31.2 Å². The van der Waals surface area contributed by atoms with Gasteiger partial charge in [-0.1, -0.05) is 24.3 Å². The second-order valence-electron chi connectivity index (χ2n) is 4.02. The van der Waals surface area contributed by atoms with Crippen LogP contribution in [0.25, 0.3) is 0 Å². The highest BCUT2D eigenvalue weighted by molar-refractivity contribution is 5.35. The first kappa shape index (κ1) is 9.69. The van der Waals surface area contributed by atoms with Crippen LogP contribution in [0.5, 0.6) is 0 Å². The minimum atomic E-state index is -0.550. The Hall–Kier alpha value is -0.860. The maximum absolute atomic E-state index is 10.0. The molecule has 1 aromatic carbocycles. The normalized spacial score (nSPS) is 18.1. The number of benzene rings is 1. The first-order valence-electron chi connectivity index (χ1n) is 5.18. The molecule has 2 nitrogen and oxygen atoms in total. The van der Waals surface area contributed by atoms with Crippen LogP contribution in [0, 0.1) is 0 Å². The van der Waals surface area contributed by atoms with Crippen molar-refractivity contribution in [1.82, 2.24) is 0 Å². The second-order valence-corrected chi connectivity index (χ2v) is 4.02. The zero-order chi connectivity index (χ0) is 10.0. The number of rotatable bonds is 4. The van der Waals surface area contributed by atoms with Gasteiger partial charge in [-0.25, -0.2) is 0 Å². The fraction of sp³-hybridized carbons (Fsp3) is 0.500. The van der Waals surface area contributed by atoms with Gasteiger partial charge in [0, 0.05) is 6.61 Å². The number of hydrogen-bond donors (Lipinski definition) is 2. The molecule has 0 aromatic heterocycles. The second kappa shape index (κ2) is 3.71. The predicted molar refractivity (Wildman–Crippen MR) is 55.0 cm³/mol. The van der Waals surface area contributed by atoms with Crippen LogP contribution in [0.15, 0.2) is 24.3 Å². The summed E-state index contributed by atoms with van der Waals surface area (Å²) in [6.07, 6.45) is 3.38. The predicted octanol–water partition coefficient (Wildman–Crippen LogP) is 1.59. The molecule has 14 heavy (non-hydrogen) atoms. The van der Waals surface area contributed by atoms with Gasteiger partial charge in [0.05, 0.1) is 5.60 Å². The molecule has 0 unspecified atom stereocenters. The van der Waals surface area contributed by atoms with E-state index >= 15 is 0 Å². The fourth-order valence-corrected chi connectivity index (χ4v) is 1.85. The summed E-state index contributed by atoms with van der Waals surface area (Å²) in [5.41, 5.74) is 1.70. The number of hydrogen-bond acceptors (Lipinski definition) is 2. The average molecular weight is 192 g/mol. The minimum absolute atomic E-state index is 0.215. The smallest absolute Gasteiger partial charge is 0.0901 e. The van der Waals surface area contributed by atoms with E-state index in [1.807, 2.05) is 24.3 Å². The van der Waals surface area contributed by atoms with E-state index in [9.17, 15) is 5.11 Å². The Kier molecular flexibility index (Phi) is 2.57. The van der Waals surface area contributed by atoms with Gasteiger partial charge in [0.25, 0.3) is 0 Å². The van der Waals surface area contributed by atoms with Crippen LogP contribution in [0.2, 0.25) is 0 Å². The van der Waals surface area contributed by atoms with Crippen LogP contribution in [-0.2, 0) is 12.0 Å². The van der Waals surface area contributed by atoms with Crippen LogP contribution in [0.3, 0.4) is 0 Å². The minimum Gasteiger partial charge on any atom is -0.396 e. The van der Waals surface area contributed by atoms with E-state index < -0.39 is 5.60 Å². The van der Waals surface area contributed by atoms with Gasteiger partial charge >= 0.3 is 0 Å². The molecule has 2 heteroatoms. The molecule has 2 N–H and O–H groups in total. The molecule has 0 spiro atoms. The number of aliphatic hydroxyl groups excluding tert-OH is 1. The topological polar surface area (TPSA) is 40.5 Å². The highest BCUT2D eigenvalue weighted by Gasteiger charge is 2.43. The van der Waals surface area contributed by atoms with Crippen molar-refractivity contribution in [3.05, 3.63) is 35.4 Å². The Balaban J connectivity index is 2.20. The van der Waals surface area contributed by atoms with Crippen molar-refractivity contribution in [2.24, 2.45) is 0 Å². The van der Waals surface area contributed by atoms with E-state index in [1.54, 1.807) is 0 Å². The van der Waals surface area contributed by atoms with E-state index in [2.05, 4.69) is 0 Å². The molecule has 1 aliphatic carbocycles. The molecule has 1 fully saturated rings. The largest absolute Gasteiger partial charge is 0.396 e. The van der Waals surface area contributed by atoms with Gasteiger partial charge in [0.2, 0.25) is 0 Å². The summed E-state index contributed by atoms with van der Waals surface area (Å²) in [6, 6.07) is 8.00. The standard InChI is InChI=1S/C12H16O2/c13-9-3-5-10-4-1-2-6-11(10)12(14)7-8-12/h1-2,4,6,13-14H,3,5,7-9H2. The lowest BCUT2D eigenvalue weighted by atomic mass is 9.97. The maximum atomic E-state index is 10.0. The zero-order valence-corrected chi connectivity index (χ0v) is 8.24. The Morgan fingerprint density at radius 2 is 1.93 bits per heavy atom. The van der Waals surface area contributed by atoms with Crippen molar-refractivity contribution >= 4 is 0 Å². The lowest BCUT2D eigenvalue weighted by Gasteiger charge is -2.13. The quantitative estimate of drug-likeness (QED) is 0.760. The molecule has 1 aliphatic rings. The molecule has 0 radical (unpaired) electrons. The molecule has 0 saturated heterocycles. The molecule has 1 aromatic rings. The van der Waals surface area contributed by atoms with Gasteiger partial charge in [0.15, 0.2) is 0 Å². The highest BCUT2D eigenvalue weighted by atomic mass is 16.3. The lowest BCUT2D eigenvalue weighted by Crippen LogP contribution is -2.08. The summed E-state index contributed by atoms with van der Waals surface area (Å²) in [7, 11) is 0. The van der Waals surface area contributed by atoms with Crippen LogP contribution in [0.4, 0.5) is 0 Å². The van der Waals surface area contributed by atoms with Crippen molar-refractivity contribution in [1.29, 1.82) is 0 Å². The Labute approximate surface area is 84.2 Å². The van der Waals surface area contributed by atoms with E-state index in [4.69, 9.17) is 5.11 Å². The van der Waals surface area contributed by atoms with Crippen LogP contribution < -0.4 is 0 Å². The van der Waals surface area contributed by atoms with Crippen molar-refractivity contribution < 1.29 is 10.2 Å². The molecule has 0 amide bonds. The van der Waals surface area contributed by atoms with Gasteiger partial charge in [-0.15, -0.1) is 0 Å². The third-order valence-corrected chi connectivity index (χ3v) is 2.85. The molecular weight excluding hydrogens is 176 g/mol. The summed E-state index contributed by atoms with van der Waals surface area (Å²) in [5.74, 6) is 0. The van der Waals surface area contributed by atoms with Crippen molar-refractivity contribution in [2.75, 3.05) is 6.61 Å². The summed E-state index contributed by atoms with van der Waals surface area (Å²) < 4.78 is 0. The monoisotopic (exact) mass is 192 g/mol. The number of aliphatic hydroxyl groups is 2. The van der Waals surface area contributed by atoms with E-state index in [0.29, 0.717) is 0 Å². The van der Waals surface area contributed by atoms with E-state index in [1.165, 1.54) is 5.56 Å². The Morgan fingerprint density at radius 3 is 2.57 bits per heavy atom. The molecular formula is C12H16O2. The average Bonchev–Trinajstić information content (AvgIpc) is 2.95. The van der Waals surface area contributed by atoms with Crippen LogP contribution in [0.1, 0.15) is 30.4 Å². The lowest BCUT2D eigenvalue weighted by molar-refractivity contribution is 0.150. The van der Waals surface area contributed by atoms with Crippen LogP contribution in [-0.4, -0.2) is 16.8 Å². The SMILES string of the molecule is OCCCc1ccccc1C1(O)CC1. The van der Waals surface area contributed by atoms with Gasteiger partial charge < -0.3 is 10.2 Å². The third-order valence-electron chi connectivity index (χ3n) is 2.85. The van der Waals surface area contributed by atoms with Crippen molar-refractivity contribution in [3.8, 4) is 0 Å². The molecule has 2 rings (SSSR count).